The molecule has 0 aliphatic carbocycles. The first-order chi connectivity index (χ1) is 9.93. The minimum atomic E-state index is 0.407. The lowest BCUT2D eigenvalue weighted by molar-refractivity contribution is 0.123. The van der Waals surface area contributed by atoms with Gasteiger partial charge in [0.05, 0.1) is 18.5 Å². The molecule has 2 aromatic heterocycles. The molecule has 2 rings (SSSR count). The standard InChI is InChI=1S/C15H22ClN3OS/c1-9(2)19(6-7-20-5)8-12-17-14(16)13-10(3)11(4)21-15(13)18-12/h9H,6-8H2,1-5H3. The third-order valence-electron chi connectivity index (χ3n) is 3.69. The maximum Gasteiger partial charge on any atom is 0.145 e. The monoisotopic (exact) mass is 327 g/mol. The number of hydrogen-bond donors (Lipinski definition) is 0. The summed E-state index contributed by atoms with van der Waals surface area (Å²) in [6.45, 7) is 10.7. The molecule has 6 heteroatoms. The van der Waals surface area contributed by atoms with E-state index < -0.39 is 0 Å². The number of halogens is 1. The van der Waals surface area contributed by atoms with Gasteiger partial charge in [0.25, 0.3) is 0 Å². The van der Waals surface area contributed by atoms with Crippen molar-refractivity contribution in [2.75, 3.05) is 20.3 Å². The lowest BCUT2D eigenvalue weighted by Gasteiger charge is -2.25. The maximum atomic E-state index is 6.36. The van der Waals surface area contributed by atoms with Crippen molar-refractivity contribution in [2.45, 2.75) is 40.3 Å². The second-order valence-corrected chi connectivity index (χ2v) is 7.01. The number of hydrogen-bond acceptors (Lipinski definition) is 5. The molecule has 2 heterocycles. The van der Waals surface area contributed by atoms with E-state index in [0.29, 0.717) is 24.3 Å². The van der Waals surface area contributed by atoms with E-state index in [1.807, 2.05) is 0 Å². The molecule has 0 saturated heterocycles. The zero-order valence-electron chi connectivity index (χ0n) is 13.2. The normalized spacial score (nSPS) is 12.0. The molecule has 0 radical (unpaired) electrons. The summed E-state index contributed by atoms with van der Waals surface area (Å²) in [5.41, 5.74) is 1.19. The molecule has 0 aliphatic heterocycles. The van der Waals surface area contributed by atoms with Crippen molar-refractivity contribution >= 4 is 33.2 Å². The quantitative estimate of drug-likeness (QED) is 0.756. The van der Waals surface area contributed by atoms with Crippen molar-refractivity contribution in [3.63, 3.8) is 0 Å². The van der Waals surface area contributed by atoms with E-state index in [0.717, 1.165) is 22.6 Å². The lowest BCUT2D eigenvalue weighted by atomic mass is 10.2. The van der Waals surface area contributed by atoms with Crippen molar-refractivity contribution in [3.8, 4) is 0 Å². The number of methoxy groups -OCH3 is 1. The number of nitrogens with zero attached hydrogens (tertiary/aromatic N) is 3. The van der Waals surface area contributed by atoms with Crippen LogP contribution >= 0.6 is 22.9 Å². The highest BCUT2D eigenvalue weighted by molar-refractivity contribution is 7.18. The summed E-state index contributed by atoms with van der Waals surface area (Å²) in [6.07, 6.45) is 0. The topological polar surface area (TPSA) is 38.2 Å². The second kappa shape index (κ2) is 7.01. The first-order valence-electron chi connectivity index (χ1n) is 7.09. The van der Waals surface area contributed by atoms with Gasteiger partial charge in [0.1, 0.15) is 15.8 Å². The van der Waals surface area contributed by atoms with Gasteiger partial charge in [-0.05, 0) is 33.3 Å². The highest BCUT2D eigenvalue weighted by Gasteiger charge is 2.16. The largest absolute Gasteiger partial charge is 0.383 e. The van der Waals surface area contributed by atoms with E-state index in [-0.39, 0.29) is 0 Å². The van der Waals surface area contributed by atoms with E-state index in [4.69, 9.17) is 16.3 Å². The molecule has 4 nitrogen and oxygen atoms in total. The highest BCUT2D eigenvalue weighted by atomic mass is 35.5. The Kier molecular flexibility index (Phi) is 5.54. The van der Waals surface area contributed by atoms with E-state index in [1.165, 1.54) is 10.4 Å². The molecular formula is C15H22ClN3OS. The van der Waals surface area contributed by atoms with Crippen LogP contribution in [0.15, 0.2) is 0 Å². The molecular weight excluding hydrogens is 306 g/mol. The minimum absolute atomic E-state index is 0.407. The molecule has 0 bridgehead atoms. The molecule has 0 amide bonds. The molecule has 2 aromatic rings. The first-order valence-corrected chi connectivity index (χ1v) is 8.28. The zero-order valence-corrected chi connectivity index (χ0v) is 14.8. The molecule has 0 unspecified atom stereocenters. The SMILES string of the molecule is COCCN(Cc1nc(Cl)c2c(C)c(C)sc2n1)C(C)C. The summed E-state index contributed by atoms with van der Waals surface area (Å²) in [4.78, 5) is 13.7. The first kappa shape index (κ1) is 16.6. The van der Waals surface area contributed by atoms with Gasteiger partial charge in [0.15, 0.2) is 0 Å². The number of aromatic nitrogens is 2. The van der Waals surface area contributed by atoms with Crippen LogP contribution in [0.4, 0.5) is 0 Å². The molecule has 0 atom stereocenters. The van der Waals surface area contributed by atoms with Crippen molar-refractivity contribution < 1.29 is 4.74 Å². The summed E-state index contributed by atoms with van der Waals surface area (Å²) in [7, 11) is 1.72. The number of aryl methyl sites for hydroxylation is 2. The summed E-state index contributed by atoms with van der Waals surface area (Å²) in [5.74, 6) is 0.776. The predicted octanol–water partition coefficient (Wildman–Crippen LogP) is 3.82. The summed E-state index contributed by atoms with van der Waals surface area (Å²) in [5, 5.41) is 1.56. The van der Waals surface area contributed by atoms with Crippen LogP contribution in [0.2, 0.25) is 5.15 Å². The fourth-order valence-corrected chi connectivity index (χ4v) is 3.66. The fraction of sp³-hybridized carbons (Fsp3) is 0.600. The van der Waals surface area contributed by atoms with Gasteiger partial charge in [0.2, 0.25) is 0 Å². The van der Waals surface area contributed by atoms with Crippen LogP contribution in [-0.4, -0.2) is 41.2 Å². The molecule has 116 valence electrons. The van der Waals surface area contributed by atoms with Gasteiger partial charge in [-0.3, -0.25) is 4.90 Å². The van der Waals surface area contributed by atoms with Gasteiger partial charge in [-0.2, -0.15) is 0 Å². The van der Waals surface area contributed by atoms with E-state index in [2.05, 4.69) is 42.6 Å². The molecule has 0 fully saturated rings. The Morgan fingerprint density at radius 3 is 2.62 bits per heavy atom. The lowest BCUT2D eigenvalue weighted by Crippen LogP contribution is -2.33. The average molecular weight is 328 g/mol. The Bertz CT molecular complexity index is 627. The zero-order chi connectivity index (χ0) is 15.6. The van der Waals surface area contributed by atoms with Crippen molar-refractivity contribution in [3.05, 3.63) is 21.4 Å². The van der Waals surface area contributed by atoms with Crippen LogP contribution in [0, 0.1) is 13.8 Å². The number of thiophene rings is 1. The fourth-order valence-electron chi connectivity index (χ4n) is 2.22. The highest BCUT2D eigenvalue weighted by Crippen LogP contribution is 2.33. The molecule has 0 N–H and O–H groups in total. The summed E-state index contributed by atoms with van der Waals surface area (Å²) in [6, 6.07) is 0.407. The van der Waals surface area contributed by atoms with Crippen LogP contribution in [0.1, 0.15) is 30.1 Å². The minimum Gasteiger partial charge on any atom is -0.383 e. The van der Waals surface area contributed by atoms with Crippen molar-refractivity contribution in [2.24, 2.45) is 0 Å². The van der Waals surface area contributed by atoms with Crippen LogP contribution in [0.3, 0.4) is 0 Å². The Labute approximate surface area is 135 Å². The average Bonchev–Trinajstić information content (AvgIpc) is 2.70. The van der Waals surface area contributed by atoms with E-state index in [1.54, 1.807) is 18.4 Å². The molecule has 0 spiro atoms. The Balaban J connectivity index is 2.29. The van der Waals surface area contributed by atoms with E-state index in [9.17, 15) is 0 Å². The smallest absolute Gasteiger partial charge is 0.145 e. The van der Waals surface area contributed by atoms with Gasteiger partial charge >= 0.3 is 0 Å². The maximum absolute atomic E-state index is 6.36. The Hall–Kier alpha value is -0.750. The van der Waals surface area contributed by atoms with Gasteiger partial charge in [0, 0.05) is 24.6 Å². The Morgan fingerprint density at radius 2 is 2.00 bits per heavy atom. The second-order valence-electron chi connectivity index (χ2n) is 5.45. The number of fused-ring (bicyclic) bond motifs is 1. The third kappa shape index (κ3) is 3.72. The molecule has 21 heavy (non-hydrogen) atoms. The van der Waals surface area contributed by atoms with Gasteiger partial charge in [-0.25, -0.2) is 9.97 Å². The number of ether oxygens (including phenoxy) is 1. The van der Waals surface area contributed by atoms with Gasteiger partial charge in [-0.1, -0.05) is 11.6 Å². The molecule has 0 aromatic carbocycles. The molecule has 0 aliphatic rings. The van der Waals surface area contributed by atoms with Gasteiger partial charge in [-0.15, -0.1) is 11.3 Å². The Morgan fingerprint density at radius 1 is 1.29 bits per heavy atom. The van der Waals surface area contributed by atoms with Crippen molar-refractivity contribution in [1.29, 1.82) is 0 Å². The van der Waals surface area contributed by atoms with Gasteiger partial charge < -0.3 is 4.74 Å². The summed E-state index contributed by atoms with van der Waals surface area (Å²) >= 11 is 8.04. The van der Waals surface area contributed by atoms with Crippen molar-refractivity contribution in [1.82, 2.24) is 14.9 Å². The molecule has 0 saturated carbocycles. The van der Waals surface area contributed by atoms with Crippen LogP contribution in [0.25, 0.3) is 10.2 Å². The van der Waals surface area contributed by atoms with Crippen LogP contribution in [0.5, 0.6) is 0 Å². The third-order valence-corrected chi connectivity index (χ3v) is 5.06. The predicted molar refractivity (Wildman–Crippen MR) is 89.3 cm³/mol. The van der Waals surface area contributed by atoms with E-state index >= 15 is 0 Å². The number of rotatable bonds is 6. The van der Waals surface area contributed by atoms with Crippen LogP contribution in [-0.2, 0) is 11.3 Å². The van der Waals surface area contributed by atoms with Crippen LogP contribution < -0.4 is 0 Å². The summed E-state index contributed by atoms with van der Waals surface area (Å²) < 4.78 is 5.17.